The summed E-state index contributed by atoms with van der Waals surface area (Å²) in [5.41, 5.74) is 0. The van der Waals surface area contributed by atoms with E-state index in [0.29, 0.717) is 9.72 Å². The molecule has 12 heavy (non-hydrogen) atoms. The molecular formula is C7H9ClN2S2. The molecule has 1 atom stereocenters. The predicted molar refractivity (Wildman–Crippen MR) is 54.0 cm³/mol. The molecule has 1 aliphatic rings. The van der Waals surface area contributed by atoms with Gasteiger partial charge in [-0.3, -0.25) is 0 Å². The highest BCUT2D eigenvalue weighted by molar-refractivity contribution is 7.99. The first kappa shape index (κ1) is 8.78. The summed E-state index contributed by atoms with van der Waals surface area (Å²) in [5.74, 6) is 1.25. The average molecular weight is 221 g/mol. The average Bonchev–Trinajstić information content (AvgIpc) is 2.54. The molecule has 1 fully saturated rings. The molecule has 2 nitrogen and oxygen atoms in total. The number of halogens is 1. The lowest BCUT2D eigenvalue weighted by atomic mass is 10.2. The molecule has 1 saturated heterocycles. The van der Waals surface area contributed by atoms with Gasteiger partial charge < -0.3 is 0 Å². The summed E-state index contributed by atoms with van der Waals surface area (Å²) >= 11 is 9.21. The van der Waals surface area contributed by atoms with E-state index in [4.69, 9.17) is 11.6 Å². The minimum Gasteiger partial charge on any atom is -0.151 e. The van der Waals surface area contributed by atoms with Crippen LogP contribution in [0.25, 0.3) is 0 Å². The Morgan fingerprint density at radius 2 is 2.25 bits per heavy atom. The van der Waals surface area contributed by atoms with Crippen LogP contribution in [0.1, 0.15) is 29.5 Å². The summed E-state index contributed by atoms with van der Waals surface area (Å²) in [6.07, 6.45) is 3.89. The maximum atomic E-state index is 5.72. The van der Waals surface area contributed by atoms with Crippen LogP contribution in [0.4, 0.5) is 0 Å². The highest BCUT2D eigenvalue weighted by atomic mass is 35.5. The summed E-state index contributed by atoms with van der Waals surface area (Å²) in [6.45, 7) is 0. The molecule has 0 aliphatic carbocycles. The number of hydrogen-bond donors (Lipinski definition) is 0. The highest BCUT2D eigenvalue weighted by Crippen LogP contribution is 2.39. The maximum Gasteiger partial charge on any atom is 0.207 e. The molecule has 66 valence electrons. The van der Waals surface area contributed by atoms with Crippen LogP contribution in [0.15, 0.2) is 0 Å². The van der Waals surface area contributed by atoms with Gasteiger partial charge in [0.05, 0.1) is 5.25 Å². The first-order valence-corrected chi connectivity index (χ1v) is 6.21. The molecule has 1 aromatic rings. The molecule has 0 radical (unpaired) electrons. The van der Waals surface area contributed by atoms with Crippen molar-refractivity contribution in [3.05, 3.63) is 9.47 Å². The van der Waals surface area contributed by atoms with Gasteiger partial charge in [0.2, 0.25) is 4.47 Å². The lowest BCUT2D eigenvalue weighted by molar-refractivity contribution is 0.679. The lowest BCUT2D eigenvalue weighted by Gasteiger charge is -2.17. The minimum atomic E-state index is 0.559. The van der Waals surface area contributed by atoms with Gasteiger partial charge in [-0.2, -0.15) is 11.8 Å². The Hall–Kier alpha value is 0.200. The molecule has 0 spiro atoms. The first-order valence-electron chi connectivity index (χ1n) is 3.97. The molecule has 1 aromatic heterocycles. The molecular weight excluding hydrogens is 212 g/mol. The monoisotopic (exact) mass is 220 g/mol. The van der Waals surface area contributed by atoms with Gasteiger partial charge in [0.1, 0.15) is 5.01 Å². The van der Waals surface area contributed by atoms with Crippen molar-refractivity contribution in [1.82, 2.24) is 10.2 Å². The van der Waals surface area contributed by atoms with Gasteiger partial charge in [-0.1, -0.05) is 17.8 Å². The molecule has 0 N–H and O–H groups in total. The number of rotatable bonds is 1. The second-order valence-corrected chi connectivity index (χ2v) is 5.65. The van der Waals surface area contributed by atoms with Crippen LogP contribution in [-0.2, 0) is 0 Å². The van der Waals surface area contributed by atoms with E-state index in [9.17, 15) is 0 Å². The first-order chi connectivity index (χ1) is 5.86. The summed E-state index contributed by atoms with van der Waals surface area (Å²) in [4.78, 5) is 0. The zero-order valence-corrected chi connectivity index (χ0v) is 8.88. The fraction of sp³-hybridized carbons (Fsp3) is 0.714. The molecule has 2 rings (SSSR count). The molecule has 0 amide bonds. The number of hydrogen-bond acceptors (Lipinski definition) is 4. The minimum absolute atomic E-state index is 0.559. The van der Waals surface area contributed by atoms with Crippen molar-refractivity contribution in [2.24, 2.45) is 0 Å². The maximum absolute atomic E-state index is 5.72. The summed E-state index contributed by atoms with van der Waals surface area (Å²) in [7, 11) is 0. The molecule has 0 aromatic carbocycles. The van der Waals surface area contributed by atoms with E-state index in [1.54, 1.807) is 0 Å². The van der Waals surface area contributed by atoms with Gasteiger partial charge >= 0.3 is 0 Å². The topological polar surface area (TPSA) is 25.8 Å². The van der Waals surface area contributed by atoms with Crippen molar-refractivity contribution >= 4 is 34.7 Å². The molecule has 1 unspecified atom stereocenters. The van der Waals surface area contributed by atoms with E-state index < -0.39 is 0 Å². The van der Waals surface area contributed by atoms with E-state index in [1.165, 1.54) is 36.4 Å². The van der Waals surface area contributed by atoms with Crippen molar-refractivity contribution in [1.29, 1.82) is 0 Å². The predicted octanol–water partition coefficient (Wildman–Crippen LogP) is 3.15. The summed E-state index contributed by atoms with van der Waals surface area (Å²) in [6, 6.07) is 0. The van der Waals surface area contributed by atoms with E-state index in [-0.39, 0.29) is 0 Å². The van der Waals surface area contributed by atoms with Gasteiger partial charge in [0, 0.05) is 0 Å². The Bertz CT molecular complexity index is 258. The fourth-order valence-corrected chi connectivity index (χ4v) is 3.67. The van der Waals surface area contributed by atoms with Crippen molar-refractivity contribution in [2.75, 3.05) is 5.75 Å². The molecule has 5 heteroatoms. The Kier molecular flexibility index (Phi) is 2.88. The van der Waals surface area contributed by atoms with Crippen LogP contribution in [0.3, 0.4) is 0 Å². The van der Waals surface area contributed by atoms with Gasteiger partial charge in [-0.25, -0.2) is 0 Å². The summed E-state index contributed by atoms with van der Waals surface area (Å²) in [5, 5.41) is 9.53. The highest BCUT2D eigenvalue weighted by Gasteiger charge is 2.19. The van der Waals surface area contributed by atoms with Crippen LogP contribution in [0, 0.1) is 0 Å². The largest absolute Gasteiger partial charge is 0.207 e. The second kappa shape index (κ2) is 3.94. The third-order valence-corrected chi connectivity index (χ3v) is 4.54. The van der Waals surface area contributed by atoms with Crippen LogP contribution in [0.5, 0.6) is 0 Å². The Morgan fingerprint density at radius 3 is 2.83 bits per heavy atom. The van der Waals surface area contributed by atoms with E-state index in [2.05, 4.69) is 10.2 Å². The van der Waals surface area contributed by atoms with Crippen molar-refractivity contribution in [3.8, 4) is 0 Å². The van der Waals surface area contributed by atoms with Crippen LogP contribution in [0.2, 0.25) is 4.47 Å². The van der Waals surface area contributed by atoms with Crippen LogP contribution in [-0.4, -0.2) is 16.0 Å². The quantitative estimate of drug-likeness (QED) is 0.727. The van der Waals surface area contributed by atoms with Crippen molar-refractivity contribution in [2.45, 2.75) is 24.5 Å². The fourth-order valence-electron chi connectivity index (χ4n) is 1.28. The number of thioether (sulfide) groups is 1. The van der Waals surface area contributed by atoms with E-state index in [1.807, 2.05) is 11.8 Å². The van der Waals surface area contributed by atoms with Gasteiger partial charge in [-0.15, -0.1) is 10.2 Å². The third-order valence-electron chi connectivity index (χ3n) is 1.87. The van der Waals surface area contributed by atoms with Crippen LogP contribution >= 0.6 is 34.7 Å². The number of aromatic nitrogens is 2. The standard InChI is InChI=1S/C7H9ClN2S2/c8-7-10-9-6(12-7)5-3-1-2-4-11-5/h5H,1-4H2. The van der Waals surface area contributed by atoms with Gasteiger partial charge in [0.25, 0.3) is 0 Å². The van der Waals surface area contributed by atoms with Crippen LogP contribution < -0.4 is 0 Å². The van der Waals surface area contributed by atoms with E-state index >= 15 is 0 Å². The summed E-state index contributed by atoms with van der Waals surface area (Å²) < 4.78 is 0.566. The molecule has 2 heterocycles. The third kappa shape index (κ3) is 1.92. The van der Waals surface area contributed by atoms with Gasteiger partial charge in [0.15, 0.2) is 0 Å². The van der Waals surface area contributed by atoms with Crippen molar-refractivity contribution in [3.63, 3.8) is 0 Å². The number of nitrogens with zero attached hydrogens (tertiary/aromatic N) is 2. The second-order valence-electron chi connectivity index (χ2n) is 2.75. The molecule has 1 aliphatic heterocycles. The smallest absolute Gasteiger partial charge is 0.151 e. The molecule has 0 bridgehead atoms. The zero-order valence-electron chi connectivity index (χ0n) is 6.49. The Balaban J connectivity index is 2.08. The zero-order chi connectivity index (χ0) is 8.39. The normalized spacial score (nSPS) is 24.2. The van der Waals surface area contributed by atoms with Crippen molar-refractivity contribution < 1.29 is 0 Å². The molecule has 0 saturated carbocycles. The SMILES string of the molecule is Clc1nnc(C2CCCCS2)s1. The van der Waals surface area contributed by atoms with Gasteiger partial charge in [-0.05, 0) is 30.2 Å². The lowest BCUT2D eigenvalue weighted by Crippen LogP contribution is -2.01. The Labute approximate surface area is 84.7 Å². The van der Waals surface area contributed by atoms with E-state index in [0.717, 1.165) is 5.01 Å². The Morgan fingerprint density at radius 1 is 1.33 bits per heavy atom.